The molecule has 19 heavy (non-hydrogen) atoms. The van der Waals surface area contributed by atoms with Crippen molar-refractivity contribution in [3.05, 3.63) is 29.7 Å². The second-order valence-corrected chi connectivity index (χ2v) is 11.9. The Morgan fingerprint density at radius 1 is 1.42 bits per heavy atom. The lowest BCUT2D eigenvalue weighted by atomic mass is 9.89. The number of nitrogens with two attached hydrogens (primary N) is 1. The van der Waals surface area contributed by atoms with Gasteiger partial charge in [-0.2, -0.15) is 0 Å². The molecule has 0 saturated heterocycles. The van der Waals surface area contributed by atoms with Gasteiger partial charge in [-0.25, -0.2) is 4.79 Å². The molecule has 0 heterocycles. The highest BCUT2D eigenvalue weighted by Gasteiger charge is 2.36. The molecule has 4 heteroatoms. The molecule has 0 fully saturated rings. The molecule has 108 valence electrons. The smallest absolute Gasteiger partial charge is 0.328 e. The van der Waals surface area contributed by atoms with Crippen molar-refractivity contribution in [3.8, 4) is 0 Å². The highest BCUT2D eigenvalue weighted by Crippen LogP contribution is 2.36. The normalized spacial score (nSPS) is 15.1. The predicted octanol–water partition coefficient (Wildman–Crippen LogP) is 3.49. The summed E-state index contributed by atoms with van der Waals surface area (Å²) in [5, 5.41) is 9.48. The fraction of sp³-hybridized carbons (Fsp3) is 0.600. The summed E-state index contributed by atoms with van der Waals surface area (Å²) >= 11 is 0. The third kappa shape index (κ3) is 4.20. The van der Waals surface area contributed by atoms with E-state index in [2.05, 4.69) is 51.9 Å². The van der Waals surface area contributed by atoms with Crippen molar-refractivity contribution in [1.29, 1.82) is 0 Å². The van der Waals surface area contributed by atoms with E-state index in [-0.39, 0.29) is 11.5 Å². The summed E-state index contributed by atoms with van der Waals surface area (Å²) in [7, 11) is -1.64. The standard InChI is InChI=1S/C15H27NO2Si/c1-8-10-15(16,13(17)18)12(2)9-11-19(6,7)14(3,4)5/h8,11H,1,10,16H2,2-7H3,(H,17,18)/t9?,15-/m0/s1. The summed E-state index contributed by atoms with van der Waals surface area (Å²) in [6, 6.07) is 0. The van der Waals surface area contributed by atoms with Crippen LogP contribution in [0.4, 0.5) is 0 Å². The zero-order chi connectivity index (χ0) is 15.5. The van der Waals surface area contributed by atoms with Crippen molar-refractivity contribution in [1.82, 2.24) is 0 Å². The topological polar surface area (TPSA) is 63.3 Å². The van der Waals surface area contributed by atoms with Gasteiger partial charge in [0.15, 0.2) is 0 Å². The van der Waals surface area contributed by atoms with Gasteiger partial charge in [-0.3, -0.25) is 0 Å². The van der Waals surface area contributed by atoms with E-state index in [0.29, 0.717) is 5.57 Å². The molecule has 3 nitrogen and oxygen atoms in total. The van der Waals surface area contributed by atoms with Crippen LogP contribution in [0.1, 0.15) is 34.1 Å². The van der Waals surface area contributed by atoms with Crippen LogP contribution >= 0.6 is 0 Å². The lowest BCUT2D eigenvalue weighted by molar-refractivity contribution is -0.141. The number of hydrogen-bond acceptors (Lipinski definition) is 2. The molecule has 0 aliphatic rings. The Labute approximate surface area is 117 Å². The maximum Gasteiger partial charge on any atom is 0.328 e. The molecule has 0 aliphatic heterocycles. The minimum absolute atomic E-state index is 0.194. The predicted molar refractivity (Wildman–Crippen MR) is 83.8 cm³/mol. The second-order valence-electron chi connectivity index (χ2n) is 6.65. The minimum atomic E-state index is -1.64. The van der Waals surface area contributed by atoms with Crippen molar-refractivity contribution in [2.24, 2.45) is 5.73 Å². The average Bonchev–Trinajstić information content (AvgIpc) is 2.24. The van der Waals surface area contributed by atoms with Gasteiger partial charge in [0.2, 0.25) is 0 Å². The molecule has 0 radical (unpaired) electrons. The van der Waals surface area contributed by atoms with Gasteiger partial charge >= 0.3 is 5.97 Å². The number of carboxylic acids is 1. The fourth-order valence-electron chi connectivity index (χ4n) is 1.26. The van der Waals surface area contributed by atoms with Crippen molar-refractivity contribution in [3.63, 3.8) is 0 Å². The van der Waals surface area contributed by atoms with E-state index in [9.17, 15) is 9.90 Å². The van der Waals surface area contributed by atoms with Crippen LogP contribution in [-0.4, -0.2) is 24.7 Å². The monoisotopic (exact) mass is 281 g/mol. The van der Waals surface area contributed by atoms with Crippen LogP contribution in [-0.2, 0) is 4.79 Å². The van der Waals surface area contributed by atoms with E-state index in [0.717, 1.165) is 0 Å². The van der Waals surface area contributed by atoms with Gasteiger partial charge in [0, 0.05) is 0 Å². The fourth-order valence-corrected chi connectivity index (χ4v) is 2.27. The third-order valence-electron chi connectivity index (χ3n) is 4.10. The van der Waals surface area contributed by atoms with E-state index in [1.165, 1.54) is 6.08 Å². The van der Waals surface area contributed by atoms with Crippen LogP contribution in [0, 0.1) is 0 Å². The quantitative estimate of drug-likeness (QED) is 0.460. The van der Waals surface area contributed by atoms with Gasteiger partial charge in [-0.15, -0.1) is 12.3 Å². The summed E-state index contributed by atoms with van der Waals surface area (Å²) < 4.78 is 0. The third-order valence-corrected chi connectivity index (χ3v) is 8.83. The molecule has 0 aliphatic carbocycles. The SMILES string of the molecule is C=CC[C@@](N)(C(=O)O)C(C)=C=C[Si](C)(C)C(C)(C)C. The number of carboxylic acid groups (broad SMARTS) is 1. The first-order valence-electron chi connectivity index (χ1n) is 6.46. The average molecular weight is 281 g/mol. The summed E-state index contributed by atoms with van der Waals surface area (Å²) in [6.45, 7) is 16.4. The van der Waals surface area contributed by atoms with Crippen molar-refractivity contribution in [2.75, 3.05) is 0 Å². The Morgan fingerprint density at radius 3 is 2.21 bits per heavy atom. The largest absolute Gasteiger partial charge is 0.480 e. The van der Waals surface area contributed by atoms with Crippen LogP contribution in [0.3, 0.4) is 0 Å². The number of aliphatic carboxylic acids is 1. The molecule has 0 spiro atoms. The number of rotatable bonds is 5. The van der Waals surface area contributed by atoms with E-state index >= 15 is 0 Å². The Hall–Kier alpha value is -1.09. The lowest BCUT2D eigenvalue weighted by Crippen LogP contribution is -2.48. The number of hydrogen-bond donors (Lipinski definition) is 2. The van der Waals surface area contributed by atoms with Crippen LogP contribution in [0.25, 0.3) is 0 Å². The zero-order valence-corrected chi connectivity index (χ0v) is 14.0. The van der Waals surface area contributed by atoms with Gasteiger partial charge in [0.1, 0.15) is 5.54 Å². The van der Waals surface area contributed by atoms with E-state index in [1.807, 2.05) is 0 Å². The van der Waals surface area contributed by atoms with E-state index in [4.69, 9.17) is 5.73 Å². The highest BCUT2D eigenvalue weighted by molar-refractivity contribution is 6.84. The zero-order valence-electron chi connectivity index (χ0n) is 13.0. The maximum absolute atomic E-state index is 11.3. The molecule has 0 saturated carbocycles. The van der Waals surface area contributed by atoms with Crippen molar-refractivity contribution >= 4 is 14.0 Å². The summed E-state index contributed by atoms with van der Waals surface area (Å²) in [6.07, 6.45) is 1.73. The van der Waals surface area contributed by atoms with Crippen molar-refractivity contribution in [2.45, 2.75) is 57.8 Å². The van der Waals surface area contributed by atoms with Crippen molar-refractivity contribution < 1.29 is 9.90 Å². The molecule has 0 aromatic rings. The first-order valence-corrected chi connectivity index (χ1v) is 9.54. The van der Waals surface area contributed by atoms with E-state index in [1.54, 1.807) is 6.92 Å². The highest BCUT2D eigenvalue weighted by atomic mass is 28.3. The summed E-state index contributed by atoms with van der Waals surface area (Å²) in [4.78, 5) is 11.3. The second kappa shape index (κ2) is 5.91. The van der Waals surface area contributed by atoms with Gasteiger partial charge in [0.05, 0.1) is 8.07 Å². The molecule has 0 amide bonds. The van der Waals surface area contributed by atoms with Gasteiger partial charge < -0.3 is 10.8 Å². The van der Waals surface area contributed by atoms with Gasteiger partial charge in [0.25, 0.3) is 0 Å². The minimum Gasteiger partial charge on any atom is -0.480 e. The molecule has 3 N–H and O–H groups in total. The molecule has 0 aromatic carbocycles. The van der Waals surface area contributed by atoms with Gasteiger partial charge in [-0.05, 0) is 24.0 Å². The van der Waals surface area contributed by atoms with Gasteiger partial charge in [-0.1, -0.05) is 45.6 Å². The van der Waals surface area contributed by atoms with Crippen LogP contribution in [0.5, 0.6) is 0 Å². The molecule has 1 atom stereocenters. The van der Waals surface area contributed by atoms with Crippen LogP contribution < -0.4 is 5.73 Å². The first-order chi connectivity index (χ1) is 8.38. The van der Waals surface area contributed by atoms with Crippen LogP contribution in [0.2, 0.25) is 18.1 Å². The van der Waals surface area contributed by atoms with E-state index < -0.39 is 19.6 Å². The molecule has 0 unspecified atom stereocenters. The number of carbonyl (C=O) groups is 1. The molecule has 0 rings (SSSR count). The Bertz CT molecular complexity index is 426. The maximum atomic E-state index is 11.3. The Morgan fingerprint density at radius 2 is 1.89 bits per heavy atom. The summed E-state index contributed by atoms with van der Waals surface area (Å²) in [5.74, 6) is -1.04. The Kier molecular flexibility index (Phi) is 5.57. The molecular weight excluding hydrogens is 254 g/mol. The first kappa shape index (κ1) is 17.9. The molecular formula is C15H27NO2Si. The molecule has 0 aromatic heterocycles. The molecule has 0 bridgehead atoms. The Balaban J connectivity index is 5.62. The van der Waals surface area contributed by atoms with Crippen LogP contribution in [0.15, 0.2) is 29.7 Å². The summed E-state index contributed by atoms with van der Waals surface area (Å²) in [5.41, 5.74) is 10.3. The lowest BCUT2D eigenvalue weighted by Gasteiger charge is -2.33.